The molecule has 4 heteroatoms. The van der Waals surface area contributed by atoms with Crippen LogP contribution in [0.4, 0.5) is 0 Å². The van der Waals surface area contributed by atoms with Gasteiger partial charge in [0.1, 0.15) is 6.61 Å². The number of ketones is 1. The van der Waals surface area contributed by atoms with Crippen LogP contribution in [0.3, 0.4) is 0 Å². The normalized spacial score (nSPS) is 23.0. The Labute approximate surface area is 127 Å². The Hall–Kier alpha value is -1.42. The summed E-state index contributed by atoms with van der Waals surface area (Å²) in [4.78, 5) is 25.0. The quantitative estimate of drug-likeness (QED) is 0.483. The van der Waals surface area contributed by atoms with Gasteiger partial charge in [0.2, 0.25) is 0 Å². The van der Waals surface area contributed by atoms with Gasteiger partial charge in [-0.15, -0.1) is 0 Å². The van der Waals surface area contributed by atoms with Crippen molar-refractivity contribution in [3.8, 4) is 0 Å². The molecule has 1 fully saturated rings. The van der Waals surface area contributed by atoms with E-state index in [4.69, 9.17) is 4.74 Å². The average molecular weight is 304 g/mol. The highest BCUT2D eigenvalue weighted by atomic mass is 28.3. The molecule has 1 heterocycles. The number of carbonyl (C=O) groups is 2. The van der Waals surface area contributed by atoms with Gasteiger partial charge in [-0.1, -0.05) is 64.2 Å². The molecular weight excluding hydrogens is 280 g/mol. The van der Waals surface area contributed by atoms with Gasteiger partial charge in [-0.05, 0) is 5.04 Å². The van der Waals surface area contributed by atoms with Crippen LogP contribution in [0.5, 0.6) is 0 Å². The topological polar surface area (TPSA) is 43.4 Å². The van der Waals surface area contributed by atoms with E-state index in [-0.39, 0.29) is 34.9 Å². The lowest BCUT2D eigenvalue weighted by Crippen LogP contribution is -2.47. The van der Waals surface area contributed by atoms with Crippen molar-refractivity contribution in [2.24, 2.45) is 5.92 Å². The summed E-state index contributed by atoms with van der Waals surface area (Å²) in [5.74, 6) is -0.479. The maximum absolute atomic E-state index is 12.8. The van der Waals surface area contributed by atoms with E-state index in [0.717, 1.165) is 0 Å². The van der Waals surface area contributed by atoms with Gasteiger partial charge < -0.3 is 4.74 Å². The molecule has 0 unspecified atom stereocenters. The minimum Gasteiger partial charge on any atom is -0.465 e. The summed E-state index contributed by atoms with van der Waals surface area (Å²) < 4.78 is 5.28. The second kappa shape index (κ2) is 5.41. The number of cyclic esters (lactones) is 1. The number of esters is 1. The molecule has 21 heavy (non-hydrogen) atoms. The van der Waals surface area contributed by atoms with E-state index in [2.05, 4.69) is 33.9 Å². The molecule has 1 aliphatic rings. The third-order valence-electron chi connectivity index (χ3n) is 5.17. The summed E-state index contributed by atoms with van der Waals surface area (Å²) in [6, 6.07) is 9.22. The fourth-order valence-electron chi connectivity index (χ4n) is 2.83. The first-order valence-electron chi connectivity index (χ1n) is 7.42. The average Bonchev–Trinajstić information content (AvgIpc) is 2.80. The second-order valence-electron chi connectivity index (χ2n) is 7.42. The van der Waals surface area contributed by atoms with Crippen LogP contribution in [0.1, 0.15) is 31.1 Å². The summed E-state index contributed by atoms with van der Waals surface area (Å²) in [6.45, 7) is 11.1. The van der Waals surface area contributed by atoms with Gasteiger partial charge in [-0.25, -0.2) is 0 Å². The lowest BCUT2D eigenvalue weighted by molar-refractivity contribution is -0.138. The van der Waals surface area contributed by atoms with Crippen LogP contribution >= 0.6 is 0 Å². The summed E-state index contributed by atoms with van der Waals surface area (Å²) in [5.41, 5.74) is 0.412. The highest BCUT2D eigenvalue weighted by molar-refractivity contribution is 6.84. The van der Waals surface area contributed by atoms with Gasteiger partial charge in [0, 0.05) is 5.56 Å². The number of ether oxygens (including phenoxy) is 1. The highest BCUT2D eigenvalue weighted by Crippen LogP contribution is 2.49. The van der Waals surface area contributed by atoms with Crippen LogP contribution in [0.15, 0.2) is 30.3 Å². The summed E-state index contributed by atoms with van der Waals surface area (Å²) in [5, 5.41) is 0.0379. The molecular formula is C17H24O3Si. The molecule has 0 saturated carbocycles. The van der Waals surface area contributed by atoms with Gasteiger partial charge in [0.15, 0.2) is 5.78 Å². The van der Waals surface area contributed by atoms with E-state index in [1.165, 1.54) is 0 Å². The molecule has 1 saturated heterocycles. The molecule has 0 aromatic heterocycles. The van der Waals surface area contributed by atoms with Crippen LogP contribution in [0.25, 0.3) is 0 Å². The Morgan fingerprint density at radius 3 is 2.29 bits per heavy atom. The van der Waals surface area contributed by atoms with Gasteiger partial charge in [0.25, 0.3) is 0 Å². The molecule has 0 bridgehead atoms. The second-order valence-corrected chi connectivity index (χ2v) is 13.0. The minimum absolute atomic E-state index is 0.0379. The number of benzene rings is 1. The number of rotatable bonds is 3. The Morgan fingerprint density at radius 2 is 1.76 bits per heavy atom. The lowest BCUT2D eigenvalue weighted by Gasteiger charge is -2.41. The number of hydrogen-bond donors (Lipinski definition) is 0. The number of carbonyl (C=O) groups excluding carboxylic acids is 2. The molecule has 2 rings (SSSR count). The zero-order valence-corrected chi connectivity index (χ0v) is 14.5. The Morgan fingerprint density at radius 1 is 1.19 bits per heavy atom. The van der Waals surface area contributed by atoms with Crippen LogP contribution < -0.4 is 0 Å². The van der Waals surface area contributed by atoms with Crippen molar-refractivity contribution in [3.63, 3.8) is 0 Å². The number of hydrogen-bond acceptors (Lipinski definition) is 3. The van der Waals surface area contributed by atoms with Crippen molar-refractivity contribution in [2.45, 2.75) is 44.4 Å². The van der Waals surface area contributed by atoms with Crippen LogP contribution in [0.2, 0.25) is 23.7 Å². The summed E-state index contributed by atoms with van der Waals surface area (Å²) >= 11 is 0. The highest BCUT2D eigenvalue weighted by Gasteiger charge is 2.55. The molecule has 1 aliphatic heterocycles. The van der Waals surface area contributed by atoms with Gasteiger partial charge >= 0.3 is 5.97 Å². The largest absolute Gasteiger partial charge is 0.465 e. The molecule has 3 nitrogen and oxygen atoms in total. The van der Waals surface area contributed by atoms with E-state index < -0.39 is 8.07 Å². The molecule has 114 valence electrons. The molecule has 0 radical (unpaired) electrons. The minimum atomic E-state index is -1.99. The SMILES string of the molecule is CC(C)(C)[Si](C)(C)[C@H]1C(=O)OC[C@H]1C(=O)c1ccccc1. The fraction of sp³-hybridized carbons (Fsp3) is 0.529. The van der Waals surface area contributed by atoms with Crippen molar-refractivity contribution >= 4 is 19.8 Å². The van der Waals surface area contributed by atoms with Crippen molar-refractivity contribution in [1.29, 1.82) is 0 Å². The number of Topliss-reactive ketones (excluding diaryl/α,β-unsaturated/α-hetero) is 1. The van der Waals surface area contributed by atoms with Gasteiger partial charge in [-0.3, -0.25) is 9.59 Å². The third kappa shape index (κ3) is 2.82. The Kier molecular flexibility index (Phi) is 4.11. The molecule has 0 spiro atoms. The van der Waals surface area contributed by atoms with Gasteiger partial charge in [-0.2, -0.15) is 0 Å². The molecule has 1 aromatic rings. The van der Waals surface area contributed by atoms with E-state index >= 15 is 0 Å². The van der Waals surface area contributed by atoms with Gasteiger partial charge in [0.05, 0.1) is 19.5 Å². The van der Waals surface area contributed by atoms with Crippen LogP contribution in [0, 0.1) is 5.92 Å². The predicted molar refractivity (Wildman–Crippen MR) is 86.2 cm³/mol. The monoisotopic (exact) mass is 304 g/mol. The molecule has 1 aromatic carbocycles. The zero-order valence-electron chi connectivity index (χ0n) is 13.5. The molecule has 0 aliphatic carbocycles. The van der Waals surface area contributed by atoms with E-state index in [9.17, 15) is 9.59 Å². The van der Waals surface area contributed by atoms with Crippen LogP contribution in [-0.4, -0.2) is 26.4 Å². The standard InChI is InChI=1S/C17H24O3Si/c1-17(2,3)21(4,5)15-13(11-20-16(15)19)14(18)12-9-7-6-8-10-12/h6-10,13,15H,11H2,1-5H3/t13-,15+/m0/s1. The Bertz CT molecular complexity index is 543. The van der Waals surface area contributed by atoms with E-state index in [1.54, 1.807) is 0 Å². The maximum atomic E-state index is 12.8. The van der Waals surface area contributed by atoms with E-state index in [0.29, 0.717) is 5.56 Å². The smallest absolute Gasteiger partial charge is 0.307 e. The lowest BCUT2D eigenvalue weighted by atomic mass is 9.96. The third-order valence-corrected chi connectivity index (χ3v) is 11.2. The van der Waals surface area contributed by atoms with E-state index in [1.807, 2.05) is 30.3 Å². The predicted octanol–water partition coefficient (Wildman–Crippen LogP) is 3.92. The van der Waals surface area contributed by atoms with Crippen molar-refractivity contribution in [1.82, 2.24) is 0 Å². The van der Waals surface area contributed by atoms with Crippen LogP contribution in [-0.2, 0) is 9.53 Å². The molecule has 2 atom stereocenters. The fourth-order valence-corrected chi connectivity index (χ4v) is 5.69. The Balaban J connectivity index is 2.36. The maximum Gasteiger partial charge on any atom is 0.307 e. The summed E-state index contributed by atoms with van der Waals surface area (Å²) in [7, 11) is -1.99. The molecule has 0 N–H and O–H groups in total. The first-order chi connectivity index (χ1) is 9.66. The van der Waals surface area contributed by atoms with Crippen molar-refractivity contribution in [3.05, 3.63) is 35.9 Å². The first kappa shape index (κ1) is 16.0. The first-order valence-corrected chi connectivity index (χ1v) is 10.5. The zero-order chi connectivity index (χ0) is 15.8. The van der Waals surface area contributed by atoms with Crippen molar-refractivity contribution < 1.29 is 14.3 Å². The van der Waals surface area contributed by atoms with Crippen molar-refractivity contribution in [2.75, 3.05) is 6.61 Å². The molecule has 0 amide bonds. The summed E-state index contributed by atoms with van der Waals surface area (Å²) in [6.07, 6.45) is 0.